The number of nitrogens with zero attached hydrogens (tertiary/aromatic N) is 9. The second-order valence-electron chi connectivity index (χ2n) is 28.4. The third-order valence-corrected chi connectivity index (χ3v) is 18.5. The Kier molecular flexibility index (Phi) is 28.0. The summed E-state index contributed by atoms with van der Waals surface area (Å²) in [5, 5.41) is 32.7. The standard InChI is InChI=1S/C31H31N3O4.C31H33N3O4.C31H35N3O2/c1-18(2)31(36)38-14-13-37-23-9-12-26(27(35)17-23)30-33-28(24-10-7-19(3)15-21(24)5)32-29(34-30)25-11-8-20(4)16-22(25)6;1-6-7-28(36)38-15-14-37-23-10-13-26(27(35)18-23)31-33-29(24-11-8-19(2)16-21(24)4)32-30(34-31)25-12-9-20(3)17-22(25)5;1-6-7-8-9-16-36-24-12-15-27(28(35)19-24)31-33-29(25-13-10-20(2)17-22(25)4)32-30(34-31)26-14-11-21(3)18-23(26)5/h7-12,15-17,35H,1,13-14H2,2-6H3;8-13,16-18,35H,6-7,14-15H2,1-5H3;10-15,17-19,35H,6-9,16H2,1-5H3. The number of hydrogen-bond acceptors (Lipinski definition) is 19. The molecule has 12 aromatic rings. The van der Waals surface area contributed by atoms with E-state index in [1.54, 1.807) is 37.3 Å². The maximum absolute atomic E-state index is 11.5. The van der Waals surface area contributed by atoms with Gasteiger partial charge in [-0.3, -0.25) is 4.79 Å². The predicted octanol–water partition coefficient (Wildman–Crippen LogP) is 20.6. The summed E-state index contributed by atoms with van der Waals surface area (Å²) < 4.78 is 27.3. The Labute approximate surface area is 657 Å². The molecule has 0 unspecified atom stereocenters. The van der Waals surface area contributed by atoms with E-state index in [1.807, 2.05) is 135 Å². The van der Waals surface area contributed by atoms with Gasteiger partial charge in [0, 0.05) is 63.6 Å². The van der Waals surface area contributed by atoms with E-state index in [4.69, 9.17) is 68.5 Å². The van der Waals surface area contributed by atoms with Crippen LogP contribution in [-0.4, -0.2) is 105 Å². The van der Waals surface area contributed by atoms with Gasteiger partial charge < -0.3 is 39.0 Å². The van der Waals surface area contributed by atoms with Crippen LogP contribution in [0.2, 0.25) is 0 Å². The molecule has 0 amide bonds. The summed E-state index contributed by atoms with van der Waals surface area (Å²) in [6.45, 7) is 35.0. The molecule has 0 saturated carbocycles. The van der Waals surface area contributed by atoms with Gasteiger partial charge in [0.15, 0.2) is 52.4 Å². The van der Waals surface area contributed by atoms with E-state index >= 15 is 0 Å². The highest BCUT2D eigenvalue weighted by Crippen LogP contribution is 2.39. The van der Waals surface area contributed by atoms with E-state index in [0.29, 0.717) is 105 Å². The molecule has 0 saturated heterocycles. The third-order valence-electron chi connectivity index (χ3n) is 18.5. The quantitative estimate of drug-likeness (QED) is 0.0259. The molecule has 576 valence electrons. The number of benzene rings is 9. The summed E-state index contributed by atoms with van der Waals surface area (Å²) in [6.07, 6.45) is 5.67. The topological polar surface area (TPSA) is 257 Å². The third kappa shape index (κ3) is 21.7. The highest BCUT2D eigenvalue weighted by molar-refractivity contribution is 5.87. The van der Waals surface area contributed by atoms with Crippen LogP contribution >= 0.6 is 0 Å². The molecule has 0 spiro atoms. The molecular weight excluding hydrogens is 1400 g/mol. The summed E-state index contributed by atoms with van der Waals surface area (Å²) in [5.74, 6) is 5.29. The number of unbranched alkanes of at least 4 members (excludes halogenated alkanes) is 3. The SMILES string of the molecule is C=C(C)C(=O)OCCOc1ccc(-c2nc(-c3ccc(C)cc3C)nc(-c3ccc(C)cc3C)n2)c(O)c1.CCCC(=O)OCCOc1ccc(-c2nc(-c3ccc(C)cc3C)nc(-c3ccc(C)cc3C)n2)c(O)c1.CCCCCCOc1ccc(-c2nc(-c3ccc(C)cc3C)nc(-c3ccc(C)cc3C)n2)c(O)c1. The number of carbonyl (C=O) groups excluding carboxylic acids is 2. The first-order valence-electron chi connectivity index (χ1n) is 37.8. The van der Waals surface area contributed by atoms with Crippen LogP contribution in [0, 0.1) is 83.1 Å². The van der Waals surface area contributed by atoms with Gasteiger partial charge >= 0.3 is 11.9 Å². The van der Waals surface area contributed by atoms with Crippen molar-refractivity contribution >= 4 is 11.9 Å². The molecule has 19 heteroatoms. The average molecular weight is 1500 g/mol. The van der Waals surface area contributed by atoms with Gasteiger partial charge in [0.2, 0.25) is 0 Å². The van der Waals surface area contributed by atoms with Crippen LogP contribution in [-0.2, 0) is 19.1 Å². The molecule has 0 aliphatic rings. The lowest BCUT2D eigenvalue weighted by Crippen LogP contribution is -2.12. The number of aromatic nitrogens is 9. The Balaban J connectivity index is 0.000000178. The zero-order valence-electron chi connectivity index (χ0n) is 66.8. The first-order valence-corrected chi connectivity index (χ1v) is 37.8. The minimum Gasteiger partial charge on any atom is -0.507 e. The van der Waals surface area contributed by atoms with Crippen molar-refractivity contribution in [2.75, 3.05) is 33.0 Å². The fourth-order valence-corrected chi connectivity index (χ4v) is 12.7. The lowest BCUT2D eigenvalue weighted by molar-refractivity contribution is -0.144. The molecule has 12 rings (SSSR count). The van der Waals surface area contributed by atoms with Crippen LogP contribution in [0.15, 0.2) is 176 Å². The molecule has 19 nitrogen and oxygen atoms in total. The number of aryl methyl sites for hydroxylation is 12. The Morgan fingerprint density at radius 1 is 0.304 bits per heavy atom. The Bertz CT molecular complexity index is 5200. The van der Waals surface area contributed by atoms with Crippen LogP contribution in [0.3, 0.4) is 0 Å². The molecule has 3 N–H and O–H groups in total. The van der Waals surface area contributed by atoms with Crippen LogP contribution in [0.1, 0.15) is 126 Å². The second-order valence-corrected chi connectivity index (χ2v) is 28.4. The van der Waals surface area contributed by atoms with Gasteiger partial charge in [-0.05, 0) is 173 Å². The van der Waals surface area contributed by atoms with Crippen LogP contribution in [0.5, 0.6) is 34.5 Å². The zero-order chi connectivity index (χ0) is 80.3. The molecule has 0 aliphatic carbocycles. The van der Waals surface area contributed by atoms with Gasteiger partial charge in [-0.1, -0.05) is 182 Å². The number of aromatic hydroxyl groups is 3. The summed E-state index contributed by atoms with van der Waals surface area (Å²) in [6, 6.07) is 52.2. The smallest absolute Gasteiger partial charge is 0.333 e. The fourth-order valence-electron chi connectivity index (χ4n) is 12.7. The number of phenols is 3. The van der Waals surface area contributed by atoms with Gasteiger partial charge in [0.25, 0.3) is 0 Å². The van der Waals surface area contributed by atoms with Crippen molar-refractivity contribution < 1.29 is 48.6 Å². The highest BCUT2D eigenvalue weighted by atomic mass is 16.6. The lowest BCUT2D eigenvalue weighted by Gasteiger charge is -2.13. The van der Waals surface area contributed by atoms with Gasteiger partial charge in [0.1, 0.15) is 60.9 Å². The van der Waals surface area contributed by atoms with Crippen molar-refractivity contribution in [1.82, 2.24) is 44.9 Å². The lowest BCUT2D eigenvalue weighted by atomic mass is 10.0. The van der Waals surface area contributed by atoms with Crippen molar-refractivity contribution in [2.24, 2.45) is 0 Å². The number of esters is 2. The number of hydrogen-bond donors (Lipinski definition) is 3. The largest absolute Gasteiger partial charge is 0.507 e. The van der Waals surface area contributed by atoms with E-state index in [0.717, 1.165) is 108 Å². The van der Waals surface area contributed by atoms with Crippen LogP contribution in [0.25, 0.3) is 102 Å². The summed E-state index contributed by atoms with van der Waals surface area (Å²) in [7, 11) is 0. The molecular formula is C93H99N9O10. The summed E-state index contributed by atoms with van der Waals surface area (Å²) in [4.78, 5) is 66.2. The molecule has 0 atom stereocenters. The van der Waals surface area contributed by atoms with Gasteiger partial charge in [-0.25, -0.2) is 49.7 Å². The number of carbonyl (C=O) groups is 2. The van der Waals surface area contributed by atoms with Crippen LogP contribution < -0.4 is 14.2 Å². The predicted molar refractivity (Wildman–Crippen MR) is 443 cm³/mol. The van der Waals surface area contributed by atoms with E-state index in [-0.39, 0.29) is 49.6 Å². The number of ether oxygens (including phenoxy) is 5. The van der Waals surface area contributed by atoms with Crippen molar-refractivity contribution in [2.45, 2.75) is 142 Å². The zero-order valence-corrected chi connectivity index (χ0v) is 66.8. The van der Waals surface area contributed by atoms with E-state index in [2.05, 4.69) is 89.7 Å². The molecule has 0 bridgehead atoms. The molecule has 0 aliphatic heterocycles. The minimum atomic E-state index is -0.471. The maximum atomic E-state index is 11.5. The average Bonchev–Trinajstić information content (AvgIpc) is 0.792. The van der Waals surface area contributed by atoms with Gasteiger partial charge in [0.05, 0.1) is 23.3 Å². The first kappa shape index (κ1) is 82.0. The molecule has 3 aromatic heterocycles. The summed E-state index contributed by atoms with van der Waals surface area (Å²) in [5.41, 5.74) is 20.7. The van der Waals surface area contributed by atoms with Crippen molar-refractivity contribution in [3.05, 3.63) is 243 Å². The van der Waals surface area contributed by atoms with Crippen molar-refractivity contribution in [3.8, 4) is 137 Å². The molecule has 9 aromatic carbocycles. The van der Waals surface area contributed by atoms with E-state index < -0.39 is 5.97 Å². The first-order chi connectivity index (χ1) is 53.7. The minimum absolute atomic E-state index is 0.0187. The monoisotopic (exact) mass is 1500 g/mol. The molecule has 0 fully saturated rings. The van der Waals surface area contributed by atoms with E-state index in [1.165, 1.54) is 36.1 Å². The molecule has 0 radical (unpaired) electrons. The highest BCUT2D eigenvalue weighted by Gasteiger charge is 2.23. The van der Waals surface area contributed by atoms with Crippen molar-refractivity contribution in [1.29, 1.82) is 0 Å². The van der Waals surface area contributed by atoms with Crippen LogP contribution in [0.4, 0.5) is 0 Å². The van der Waals surface area contributed by atoms with Gasteiger partial charge in [-0.15, -0.1) is 0 Å². The second kappa shape index (κ2) is 38.2. The number of phenolic OH excluding ortho intramolecular Hbond substituents is 3. The normalized spacial score (nSPS) is 10.9. The molecule has 112 heavy (non-hydrogen) atoms. The van der Waals surface area contributed by atoms with E-state index in [9.17, 15) is 24.9 Å². The fraction of sp³-hybridized carbons (Fsp3) is 0.280. The Morgan fingerprint density at radius 3 is 0.795 bits per heavy atom. The van der Waals surface area contributed by atoms with Gasteiger partial charge in [-0.2, -0.15) is 0 Å². The Hall–Kier alpha value is -12.5. The Morgan fingerprint density at radius 2 is 0.554 bits per heavy atom. The van der Waals surface area contributed by atoms with Crippen molar-refractivity contribution in [3.63, 3.8) is 0 Å². The summed E-state index contributed by atoms with van der Waals surface area (Å²) >= 11 is 0. The maximum Gasteiger partial charge on any atom is 0.333 e. The number of rotatable bonds is 26. The molecule has 3 heterocycles.